The van der Waals surface area contributed by atoms with Crippen LogP contribution in [0.4, 0.5) is 0 Å². The fraction of sp³-hybridized carbons (Fsp3) is 1.00. The SMILES string of the molecule is CC(C)[Si](C)(C)OC1CCNCC1. The predicted molar refractivity (Wildman–Crippen MR) is 59.6 cm³/mol. The van der Waals surface area contributed by atoms with E-state index in [0.29, 0.717) is 6.10 Å². The minimum absolute atomic E-state index is 0.533. The van der Waals surface area contributed by atoms with Gasteiger partial charge in [0.05, 0.1) is 0 Å². The first-order chi connectivity index (χ1) is 6.02. The average molecular weight is 201 g/mol. The molecule has 1 aliphatic rings. The van der Waals surface area contributed by atoms with E-state index in [9.17, 15) is 0 Å². The highest BCUT2D eigenvalue weighted by molar-refractivity contribution is 6.72. The summed E-state index contributed by atoms with van der Waals surface area (Å²) in [6.07, 6.45) is 2.93. The lowest BCUT2D eigenvalue weighted by Gasteiger charge is -2.34. The molecule has 0 spiro atoms. The maximum atomic E-state index is 6.24. The maximum Gasteiger partial charge on any atom is 0.189 e. The number of nitrogens with one attached hydrogen (secondary N) is 1. The molecule has 3 heteroatoms. The molecule has 1 fully saturated rings. The highest BCUT2D eigenvalue weighted by Gasteiger charge is 2.30. The van der Waals surface area contributed by atoms with Gasteiger partial charge in [0.15, 0.2) is 8.32 Å². The minimum Gasteiger partial charge on any atom is -0.414 e. The van der Waals surface area contributed by atoms with E-state index in [4.69, 9.17) is 4.43 Å². The van der Waals surface area contributed by atoms with Crippen molar-refractivity contribution in [3.63, 3.8) is 0 Å². The van der Waals surface area contributed by atoms with E-state index >= 15 is 0 Å². The van der Waals surface area contributed by atoms with E-state index in [1.807, 2.05) is 0 Å². The number of hydrogen-bond donors (Lipinski definition) is 1. The normalized spacial score (nSPS) is 21.0. The van der Waals surface area contributed by atoms with Crippen LogP contribution < -0.4 is 5.32 Å². The van der Waals surface area contributed by atoms with Gasteiger partial charge < -0.3 is 9.74 Å². The van der Waals surface area contributed by atoms with E-state index in [-0.39, 0.29) is 0 Å². The van der Waals surface area contributed by atoms with Crippen molar-refractivity contribution in [2.75, 3.05) is 13.1 Å². The summed E-state index contributed by atoms with van der Waals surface area (Å²) in [6, 6.07) is 0. The molecule has 1 N–H and O–H groups in total. The second-order valence-electron chi connectivity index (χ2n) is 4.83. The Hall–Kier alpha value is 0.137. The number of hydrogen-bond acceptors (Lipinski definition) is 2. The second kappa shape index (κ2) is 4.58. The molecule has 13 heavy (non-hydrogen) atoms. The molecule has 0 aromatic heterocycles. The smallest absolute Gasteiger partial charge is 0.189 e. The molecule has 0 atom stereocenters. The molecule has 1 rings (SSSR count). The molecule has 0 amide bonds. The summed E-state index contributed by atoms with van der Waals surface area (Å²) < 4.78 is 6.24. The van der Waals surface area contributed by atoms with Gasteiger partial charge in [0, 0.05) is 6.10 Å². The molecular weight excluding hydrogens is 178 g/mol. The van der Waals surface area contributed by atoms with Crippen molar-refractivity contribution < 1.29 is 4.43 Å². The van der Waals surface area contributed by atoms with Crippen LogP contribution in [-0.4, -0.2) is 27.5 Å². The third-order valence-corrected chi connectivity index (χ3v) is 6.87. The lowest BCUT2D eigenvalue weighted by molar-refractivity contribution is 0.150. The maximum absolute atomic E-state index is 6.24. The summed E-state index contributed by atoms with van der Waals surface area (Å²) in [5.41, 5.74) is 0.724. The van der Waals surface area contributed by atoms with Crippen LogP contribution in [0.5, 0.6) is 0 Å². The van der Waals surface area contributed by atoms with Crippen LogP contribution in [0, 0.1) is 0 Å². The highest BCUT2D eigenvalue weighted by Crippen LogP contribution is 2.25. The zero-order valence-electron chi connectivity index (χ0n) is 9.39. The quantitative estimate of drug-likeness (QED) is 0.708. The van der Waals surface area contributed by atoms with Gasteiger partial charge in [0.2, 0.25) is 0 Å². The fourth-order valence-corrected chi connectivity index (χ4v) is 2.85. The summed E-state index contributed by atoms with van der Waals surface area (Å²) >= 11 is 0. The lowest BCUT2D eigenvalue weighted by atomic mass is 10.1. The average Bonchev–Trinajstić information content (AvgIpc) is 2.05. The molecule has 1 saturated heterocycles. The van der Waals surface area contributed by atoms with Gasteiger partial charge in [-0.2, -0.15) is 0 Å². The van der Waals surface area contributed by atoms with Gasteiger partial charge in [-0.3, -0.25) is 0 Å². The van der Waals surface area contributed by atoms with Crippen LogP contribution in [0.3, 0.4) is 0 Å². The first-order valence-electron chi connectivity index (χ1n) is 5.41. The number of piperidine rings is 1. The van der Waals surface area contributed by atoms with Gasteiger partial charge >= 0.3 is 0 Å². The third-order valence-electron chi connectivity index (χ3n) is 3.15. The van der Waals surface area contributed by atoms with Crippen LogP contribution in [0.25, 0.3) is 0 Å². The molecule has 2 nitrogen and oxygen atoms in total. The van der Waals surface area contributed by atoms with Gasteiger partial charge in [-0.1, -0.05) is 13.8 Å². The van der Waals surface area contributed by atoms with E-state index in [1.54, 1.807) is 0 Å². The zero-order valence-corrected chi connectivity index (χ0v) is 10.4. The fourth-order valence-electron chi connectivity index (χ4n) is 1.48. The largest absolute Gasteiger partial charge is 0.414 e. The van der Waals surface area contributed by atoms with Crippen molar-refractivity contribution in [1.82, 2.24) is 5.32 Å². The van der Waals surface area contributed by atoms with E-state index in [0.717, 1.165) is 18.6 Å². The van der Waals surface area contributed by atoms with Crippen LogP contribution in [0.1, 0.15) is 26.7 Å². The van der Waals surface area contributed by atoms with Gasteiger partial charge in [0.1, 0.15) is 0 Å². The Labute approximate surface area is 83.2 Å². The van der Waals surface area contributed by atoms with Crippen LogP contribution >= 0.6 is 0 Å². The zero-order chi connectivity index (χ0) is 9.90. The van der Waals surface area contributed by atoms with Crippen LogP contribution in [0.15, 0.2) is 0 Å². The standard InChI is InChI=1S/C10H23NOSi/c1-9(2)13(3,4)12-10-5-7-11-8-6-10/h9-11H,5-8H2,1-4H3. The lowest BCUT2D eigenvalue weighted by Crippen LogP contribution is -2.42. The molecule has 0 aromatic rings. The van der Waals surface area contributed by atoms with Crippen LogP contribution in [-0.2, 0) is 4.43 Å². The Morgan fingerprint density at radius 1 is 1.23 bits per heavy atom. The third kappa shape index (κ3) is 3.41. The van der Waals surface area contributed by atoms with E-state index in [1.165, 1.54) is 12.8 Å². The van der Waals surface area contributed by atoms with Crippen LogP contribution in [0.2, 0.25) is 18.6 Å². The Morgan fingerprint density at radius 2 is 1.77 bits per heavy atom. The van der Waals surface area contributed by atoms with Crippen molar-refractivity contribution in [2.24, 2.45) is 0 Å². The van der Waals surface area contributed by atoms with Crippen molar-refractivity contribution in [3.05, 3.63) is 0 Å². The molecule has 1 aliphatic heterocycles. The molecule has 0 radical (unpaired) electrons. The molecule has 0 unspecified atom stereocenters. The summed E-state index contributed by atoms with van der Waals surface area (Å²) in [4.78, 5) is 0. The first-order valence-corrected chi connectivity index (χ1v) is 8.39. The first kappa shape index (κ1) is 11.2. The van der Waals surface area contributed by atoms with Crippen molar-refractivity contribution >= 4 is 8.32 Å². The molecule has 0 saturated carbocycles. The topological polar surface area (TPSA) is 21.3 Å². The van der Waals surface area contributed by atoms with Gasteiger partial charge in [-0.15, -0.1) is 0 Å². The Morgan fingerprint density at radius 3 is 2.23 bits per heavy atom. The molecule has 0 bridgehead atoms. The number of rotatable bonds is 3. The Bertz CT molecular complexity index is 153. The van der Waals surface area contributed by atoms with E-state index < -0.39 is 8.32 Å². The summed E-state index contributed by atoms with van der Waals surface area (Å²) in [5, 5.41) is 3.37. The van der Waals surface area contributed by atoms with E-state index in [2.05, 4.69) is 32.3 Å². The monoisotopic (exact) mass is 201 g/mol. The van der Waals surface area contributed by atoms with Crippen molar-refractivity contribution in [3.8, 4) is 0 Å². The van der Waals surface area contributed by atoms with Gasteiger partial charge in [-0.05, 0) is 44.6 Å². The summed E-state index contributed by atoms with van der Waals surface area (Å²) in [5.74, 6) is 0. The minimum atomic E-state index is -1.40. The molecule has 1 heterocycles. The predicted octanol–water partition coefficient (Wildman–Crippen LogP) is 2.37. The Balaban J connectivity index is 2.37. The second-order valence-corrected chi connectivity index (χ2v) is 9.42. The van der Waals surface area contributed by atoms with Crippen molar-refractivity contribution in [1.29, 1.82) is 0 Å². The van der Waals surface area contributed by atoms with Crippen molar-refractivity contribution in [2.45, 2.75) is 51.4 Å². The van der Waals surface area contributed by atoms with Gasteiger partial charge in [0.25, 0.3) is 0 Å². The summed E-state index contributed by atoms with van der Waals surface area (Å²) in [6.45, 7) is 11.5. The molecule has 78 valence electrons. The van der Waals surface area contributed by atoms with Gasteiger partial charge in [-0.25, -0.2) is 0 Å². The molecule has 0 aliphatic carbocycles. The summed E-state index contributed by atoms with van der Waals surface area (Å²) in [7, 11) is -1.40. The molecule has 0 aromatic carbocycles. The highest BCUT2D eigenvalue weighted by atomic mass is 28.4. The molecular formula is C10H23NOSi. The Kier molecular flexibility index (Phi) is 3.95.